The Bertz CT molecular complexity index is 616. The standard InChI is InChI=1S/C15H16N2O3/c1-9-3-10-4-14(19-2)12(5-13(10)20-9)15(18)11-6-16-8-17-7-11/h4-9,15,18H,3H2,1-2H3. The highest BCUT2D eigenvalue weighted by atomic mass is 16.5. The molecule has 0 saturated carbocycles. The quantitative estimate of drug-likeness (QED) is 0.924. The molecule has 0 saturated heterocycles. The first-order chi connectivity index (χ1) is 9.69. The summed E-state index contributed by atoms with van der Waals surface area (Å²) in [5.74, 6) is 1.46. The van der Waals surface area contributed by atoms with Crippen LogP contribution in [0.2, 0.25) is 0 Å². The van der Waals surface area contributed by atoms with Crippen LogP contribution in [-0.4, -0.2) is 28.3 Å². The highest BCUT2D eigenvalue weighted by Crippen LogP contribution is 2.38. The fraction of sp³-hybridized carbons (Fsp3) is 0.333. The molecule has 0 amide bonds. The minimum Gasteiger partial charge on any atom is -0.496 e. The Morgan fingerprint density at radius 3 is 2.80 bits per heavy atom. The summed E-state index contributed by atoms with van der Waals surface area (Å²) in [7, 11) is 1.60. The van der Waals surface area contributed by atoms with Crippen molar-refractivity contribution in [3.63, 3.8) is 0 Å². The lowest BCUT2D eigenvalue weighted by molar-refractivity contribution is 0.212. The summed E-state index contributed by atoms with van der Waals surface area (Å²) in [6.45, 7) is 2.02. The van der Waals surface area contributed by atoms with Crippen LogP contribution in [0, 0.1) is 0 Å². The van der Waals surface area contributed by atoms with Gasteiger partial charge < -0.3 is 14.6 Å². The van der Waals surface area contributed by atoms with E-state index >= 15 is 0 Å². The van der Waals surface area contributed by atoms with Crippen LogP contribution in [0.3, 0.4) is 0 Å². The van der Waals surface area contributed by atoms with Crippen LogP contribution in [0.1, 0.15) is 29.7 Å². The number of ether oxygens (including phenoxy) is 2. The molecule has 0 aliphatic carbocycles. The van der Waals surface area contributed by atoms with Gasteiger partial charge in [-0.3, -0.25) is 0 Å². The lowest BCUT2D eigenvalue weighted by Gasteiger charge is -2.16. The molecule has 1 N–H and O–H groups in total. The smallest absolute Gasteiger partial charge is 0.125 e. The molecule has 2 aromatic rings. The minimum atomic E-state index is -0.837. The zero-order chi connectivity index (χ0) is 14.1. The zero-order valence-corrected chi connectivity index (χ0v) is 11.4. The predicted octanol–water partition coefficient (Wildman–Crippen LogP) is 1.89. The Hall–Kier alpha value is -2.14. The van der Waals surface area contributed by atoms with Crippen molar-refractivity contribution in [2.45, 2.75) is 25.6 Å². The zero-order valence-electron chi connectivity index (χ0n) is 11.4. The molecule has 0 bridgehead atoms. The second kappa shape index (κ2) is 5.09. The van der Waals surface area contributed by atoms with Crippen molar-refractivity contribution in [1.29, 1.82) is 0 Å². The molecular formula is C15H16N2O3. The number of methoxy groups -OCH3 is 1. The first kappa shape index (κ1) is 12.9. The van der Waals surface area contributed by atoms with Crippen LogP contribution in [0.25, 0.3) is 0 Å². The van der Waals surface area contributed by atoms with Gasteiger partial charge in [-0.15, -0.1) is 0 Å². The number of nitrogens with zero attached hydrogens (tertiary/aromatic N) is 2. The molecule has 5 nitrogen and oxygen atoms in total. The SMILES string of the molecule is COc1cc2c(cc1C(O)c1cncnc1)OC(C)C2. The van der Waals surface area contributed by atoms with Gasteiger partial charge in [0.1, 0.15) is 30.0 Å². The number of aromatic nitrogens is 2. The van der Waals surface area contributed by atoms with Gasteiger partial charge in [0.15, 0.2) is 0 Å². The van der Waals surface area contributed by atoms with Crippen LogP contribution in [0.5, 0.6) is 11.5 Å². The lowest BCUT2D eigenvalue weighted by atomic mass is 9.99. The molecule has 104 valence electrons. The van der Waals surface area contributed by atoms with Crippen molar-refractivity contribution in [3.05, 3.63) is 47.5 Å². The summed E-state index contributed by atoms with van der Waals surface area (Å²) in [5, 5.41) is 10.5. The molecule has 3 rings (SSSR count). The van der Waals surface area contributed by atoms with Crippen molar-refractivity contribution >= 4 is 0 Å². The number of aliphatic hydroxyl groups is 1. The molecule has 0 spiro atoms. The van der Waals surface area contributed by atoms with Gasteiger partial charge in [0.2, 0.25) is 0 Å². The summed E-state index contributed by atoms with van der Waals surface area (Å²) in [6, 6.07) is 3.77. The van der Waals surface area contributed by atoms with E-state index in [-0.39, 0.29) is 6.10 Å². The molecule has 0 fully saturated rings. The molecule has 1 aliphatic heterocycles. The first-order valence-corrected chi connectivity index (χ1v) is 6.49. The highest BCUT2D eigenvalue weighted by Gasteiger charge is 2.25. The van der Waals surface area contributed by atoms with Gasteiger partial charge in [-0.1, -0.05) is 0 Å². The fourth-order valence-electron chi connectivity index (χ4n) is 2.48. The summed E-state index contributed by atoms with van der Waals surface area (Å²) in [4.78, 5) is 7.86. The Labute approximate surface area is 117 Å². The van der Waals surface area contributed by atoms with Gasteiger partial charge in [-0.05, 0) is 19.1 Å². The third-order valence-electron chi connectivity index (χ3n) is 3.44. The van der Waals surface area contributed by atoms with Crippen molar-refractivity contribution in [3.8, 4) is 11.5 Å². The molecule has 5 heteroatoms. The second-order valence-corrected chi connectivity index (χ2v) is 4.91. The lowest BCUT2D eigenvalue weighted by Crippen LogP contribution is -2.05. The Morgan fingerprint density at radius 1 is 1.35 bits per heavy atom. The number of fused-ring (bicyclic) bond motifs is 1. The highest BCUT2D eigenvalue weighted by molar-refractivity contribution is 5.51. The molecule has 0 radical (unpaired) electrons. The number of aliphatic hydroxyl groups excluding tert-OH is 1. The van der Waals surface area contributed by atoms with E-state index in [0.29, 0.717) is 16.9 Å². The monoisotopic (exact) mass is 272 g/mol. The number of rotatable bonds is 3. The average Bonchev–Trinajstić information content (AvgIpc) is 2.85. The van der Waals surface area contributed by atoms with Gasteiger partial charge in [0.25, 0.3) is 0 Å². The maximum absolute atomic E-state index is 10.5. The third-order valence-corrected chi connectivity index (χ3v) is 3.44. The third kappa shape index (κ3) is 2.20. The second-order valence-electron chi connectivity index (χ2n) is 4.91. The summed E-state index contributed by atoms with van der Waals surface area (Å²) in [5.41, 5.74) is 2.39. The maximum Gasteiger partial charge on any atom is 0.125 e. The van der Waals surface area contributed by atoms with Gasteiger partial charge in [0, 0.05) is 35.5 Å². The van der Waals surface area contributed by atoms with E-state index in [1.165, 1.54) is 6.33 Å². The summed E-state index contributed by atoms with van der Waals surface area (Å²) < 4.78 is 11.1. The summed E-state index contributed by atoms with van der Waals surface area (Å²) >= 11 is 0. The van der Waals surface area contributed by atoms with Gasteiger partial charge in [-0.2, -0.15) is 0 Å². The maximum atomic E-state index is 10.5. The fourth-order valence-corrected chi connectivity index (χ4v) is 2.48. The number of hydrogen-bond donors (Lipinski definition) is 1. The molecule has 2 atom stereocenters. The number of hydrogen-bond acceptors (Lipinski definition) is 5. The minimum absolute atomic E-state index is 0.155. The molecule has 1 aliphatic rings. The molecule has 20 heavy (non-hydrogen) atoms. The van der Waals surface area contributed by atoms with Gasteiger partial charge >= 0.3 is 0 Å². The Morgan fingerprint density at radius 2 is 2.10 bits per heavy atom. The van der Waals surface area contributed by atoms with Crippen molar-refractivity contribution < 1.29 is 14.6 Å². The normalized spacial score (nSPS) is 18.2. The average molecular weight is 272 g/mol. The van der Waals surface area contributed by atoms with Gasteiger partial charge in [0.05, 0.1) is 7.11 Å². The van der Waals surface area contributed by atoms with Crippen molar-refractivity contribution in [1.82, 2.24) is 9.97 Å². The van der Waals surface area contributed by atoms with E-state index in [0.717, 1.165) is 17.7 Å². The van der Waals surface area contributed by atoms with Crippen LogP contribution in [-0.2, 0) is 6.42 Å². The van der Waals surface area contributed by atoms with Crippen molar-refractivity contribution in [2.24, 2.45) is 0 Å². The number of benzene rings is 1. The van der Waals surface area contributed by atoms with E-state index in [2.05, 4.69) is 9.97 Å². The molecular weight excluding hydrogens is 256 g/mol. The molecule has 2 unspecified atom stereocenters. The van der Waals surface area contributed by atoms with E-state index < -0.39 is 6.10 Å². The van der Waals surface area contributed by atoms with Crippen LogP contribution < -0.4 is 9.47 Å². The summed E-state index contributed by atoms with van der Waals surface area (Å²) in [6.07, 6.45) is 4.79. The van der Waals surface area contributed by atoms with E-state index in [9.17, 15) is 5.11 Å². The molecule has 1 aromatic heterocycles. The van der Waals surface area contributed by atoms with Crippen molar-refractivity contribution in [2.75, 3.05) is 7.11 Å². The van der Waals surface area contributed by atoms with E-state index in [1.54, 1.807) is 19.5 Å². The van der Waals surface area contributed by atoms with E-state index in [1.807, 2.05) is 19.1 Å². The Kier molecular flexibility index (Phi) is 3.28. The first-order valence-electron chi connectivity index (χ1n) is 6.49. The predicted molar refractivity (Wildman–Crippen MR) is 72.9 cm³/mol. The van der Waals surface area contributed by atoms with Crippen LogP contribution >= 0.6 is 0 Å². The topological polar surface area (TPSA) is 64.5 Å². The van der Waals surface area contributed by atoms with Gasteiger partial charge in [-0.25, -0.2) is 9.97 Å². The Balaban J connectivity index is 2.03. The van der Waals surface area contributed by atoms with E-state index in [4.69, 9.17) is 9.47 Å². The van der Waals surface area contributed by atoms with Crippen LogP contribution in [0.15, 0.2) is 30.9 Å². The molecule has 1 aromatic carbocycles. The molecule has 2 heterocycles. The largest absolute Gasteiger partial charge is 0.496 e. The van der Waals surface area contributed by atoms with Crippen LogP contribution in [0.4, 0.5) is 0 Å².